The first-order valence-corrected chi connectivity index (χ1v) is 12.9. The minimum atomic E-state index is -0.701. The maximum Gasteiger partial charge on any atom is 0.419 e. The lowest BCUT2D eigenvalue weighted by atomic mass is 10.00. The minimum absolute atomic E-state index is 0.222. The summed E-state index contributed by atoms with van der Waals surface area (Å²) in [6, 6.07) is 20.8. The topological polar surface area (TPSA) is 92.6 Å². The Kier molecular flexibility index (Phi) is 7.01. The van der Waals surface area contributed by atoms with Gasteiger partial charge >= 0.3 is 6.09 Å². The van der Waals surface area contributed by atoms with E-state index in [0.717, 1.165) is 22.1 Å². The third-order valence-electron chi connectivity index (χ3n) is 6.48. The zero-order valence-corrected chi connectivity index (χ0v) is 22.3. The van der Waals surface area contributed by atoms with Crippen LogP contribution < -0.4 is 10.6 Å². The summed E-state index contributed by atoms with van der Waals surface area (Å²) in [7, 11) is 0. The molecule has 1 amide bonds. The maximum absolute atomic E-state index is 13.4. The fourth-order valence-corrected chi connectivity index (χ4v) is 4.97. The number of carbonyl (C=O) groups excluding carboxylic acids is 2. The van der Waals surface area contributed by atoms with Crippen molar-refractivity contribution >= 4 is 34.5 Å². The Balaban J connectivity index is 1.50. The fraction of sp³-hybridized carbons (Fsp3) is 0.267. The van der Waals surface area contributed by atoms with Crippen molar-refractivity contribution in [3.8, 4) is 11.3 Å². The van der Waals surface area contributed by atoms with Crippen LogP contribution in [-0.4, -0.2) is 33.8 Å². The minimum Gasteiger partial charge on any atom is -0.443 e. The first-order valence-electron chi connectivity index (χ1n) is 12.5. The molecule has 8 heteroatoms. The standard InChI is InChI=1S/C30H30ClN3O4/c1-30(2,3)38-29(37)34-24-12-9-18(15-32-17-26(35)19-7-5-4-6-8-19)13-20(24)14-25(34)21-10-11-23(31)22-16-33-28(36)27(21)22/h4-14,26,32,35H,15-17H2,1-3H3,(H,33,36). The van der Waals surface area contributed by atoms with Crippen molar-refractivity contribution in [1.82, 2.24) is 15.2 Å². The van der Waals surface area contributed by atoms with Crippen LogP contribution in [-0.2, 0) is 17.8 Å². The van der Waals surface area contributed by atoms with Crippen molar-refractivity contribution in [2.45, 2.75) is 45.6 Å². The number of carbonyl (C=O) groups is 2. The van der Waals surface area contributed by atoms with Crippen LogP contribution in [0.5, 0.6) is 0 Å². The molecule has 0 aliphatic carbocycles. The summed E-state index contributed by atoms with van der Waals surface area (Å²) >= 11 is 6.38. The molecular weight excluding hydrogens is 502 g/mol. The molecule has 0 fully saturated rings. The first-order chi connectivity index (χ1) is 18.1. The number of aliphatic hydroxyl groups excluding tert-OH is 1. The van der Waals surface area contributed by atoms with Gasteiger partial charge in [0.05, 0.1) is 22.9 Å². The quantitative estimate of drug-likeness (QED) is 0.292. The van der Waals surface area contributed by atoms with Gasteiger partial charge in [0.2, 0.25) is 0 Å². The van der Waals surface area contributed by atoms with E-state index < -0.39 is 17.8 Å². The number of fused-ring (bicyclic) bond motifs is 2. The molecule has 1 aliphatic heterocycles. The second-order valence-electron chi connectivity index (χ2n) is 10.4. The van der Waals surface area contributed by atoms with E-state index in [1.807, 2.05) is 75.4 Å². The van der Waals surface area contributed by atoms with Crippen molar-refractivity contribution in [3.63, 3.8) is 0 Å². The monoisotopic (exact) mass is 531 g/mol. The highest BCUT2D eigenvalue weighted by molar-refractivity contribution is 6.32. The number of aliphatic hydroxyl groups is 1. The Bertz CT molecular complexity index is 1520. The van der Waals surface area contributed by atoms with Crippen LogP contribution in [0.4, 0.5) is 4.79 Å². The molecule has 0 bridgehead atoms. The normalized spacial score (nSPS) is 13.9. The molecule has 1 aromatic heterocycles. The third kappa shape index (κ3) is 5.18. The Morgan fingerprint density at radius 2 is 1.89 bits per heavy atom. The Morgan fingerprint density at radius 1 is 1.13 bits per heavy atom. The molecule has 2 heterocycles. The highest BCUT2D eigenvalue weighted by Gasteiger charge is 2.29. The zero-order chi connectivity index (χ0) is 27.0. The second-order valence-corrected chi connectivity index (χ2v) is 10.8. The number of rotatable bonds is 6. The van der Waals surface area contributed by atoms with Crippen LogP contribution >= 0.6 is 11.6 Å². The maximum atomic E-state index is 13.4. The number of amides is 1. The van der Waals surface area contributed by atoms with Gasteiger partial charge in [-0.25, -0.2) is 9.36 Å². The van der Waals surface area contributed by atoms with Gasteiger partial charge in [-0.2, -0.15) is 0 Å². The van der Waals surface area contributed by atoms with Crippen molar-refractivity contribution in [2.24, 2.45) is 0 Å². The molecule has 0 saturated heterocycles. The van der Waals surface area contributed by atoms with E-state index in [1.165, 1.54) is 4.57 Å². The van der Waals surface area contributed by atoms with Crippen molar-refractivity contribution in [3.05, 3.63) is 94.0 Å². The van der Waals surface area contributed by atoms with Gasteiger partial charge in [0.1, 0.15) is 5.60 Å². The molecule has 5 rings (SSSR count). The third-order valence-corrected chi connectivity index (χ3v) is 6.83. The number of nitrogens with zero attached hydrogens (tertiary/aromatic N) is 1. The average molecular weight is 532 g/mol. The lowest BCUT2D eigenvalue weighted by molar-refractivity contribution is 0.0547. The van der Waals surface area contributed by atoms with Crippen LogP contribution in [0.25, 0.3) is 22.2 Å². The van der Waals surface area contributed by atoms with E-state index in [9.17, 15) is 14.7 Å². The molecule has 0 spiro atoms. The van der Waals surface area contributed by atoms with Crippen LogP contribution in [0, 0.1) is 0 Å². The summed E-state index contributed by atoms with van der Waals surface area (Å²) < 4.78 is 7.26. The van der Waals surface area contributed by atoms with Gasteiger partial charge in [-0.05, 0) is 56.2 Å². The first kappa shape index (κ1) is 26.0. The number of aromatic nitrogens is 1. The summed E-state index contributed by atoms with van der Waals surface area (Å²) in [6.07, 6.45) is -1.14. The Hall–Kier alpha value is -3.65. The number of nitrogens with one attached hydrogen (secondary N) is 2. The van der Waals surface area contributed by atoms with E-state index in [2.05, 4.69) is 10.6 Å². The molecule has 1 aliphatic rings. The molecule has 0 radical (unpaired) electrons. The summed E-state index contributed by atoms with van der Waals surface area (Å²) in [5.41, 5.74) is 4.19. The second kappa shape index (κ2) is 10.3. The van der Waals surface area contributed by atoms with Gasteiger partial charge in [0, 0.05) is 41.2 Å². The number of benzene rings is 3. The van der Waals surface area contributed by atoms with E-state index in [-0.39, 0.29) is 5.91 Å². The smallest absolute Gasteiger partial charge is 0.419 e. The van der Waals surface area contributed by atoms with Gasteiger partial charge in [-0.1, -0.05) is 54.1 Å². The molecule has 7 nitrogen and oxygen atoms in total. The van der Waals surface area contributed by atoms with Crippen LogP contribution in [0.1, 0.15) is 53.9 Å². The van der Waals surface area contributed by atoms with Gasteiger partial charge in [0.15, 0.2) is 0 Å². The van der Waals surface area contributed by atoms with Crippen molar-refractivity contribution < 1.29 is 19.4 Å². The molecule has 0 saturated carbocycles. The van der Waals surface area contributed by atoms with Crippen molar-refractivity contribution in [2.75, 3.05) is 6.54 Å². The molecule has 4 aromatic rings. The summed E-state index contributed by atoms with van der Waals surface area (Å²) in [4.78, 5) is 26.2. The summed E-state index contributed by atoms with van der Waals surface area (Å²) in [6.45, 7) is 6.73. The van der Waals surface area contributed by atoms with Gasteiger partial charge < -0.3 is 20.5 Å². The zero-order valence-electron chi connectivity index (χ0n) is 21.5. The molecule has 196 valence electrons. The highest BCUT2D eigenvalue weighted by Crippen LogP contribution is 2.37. The van der Waals surface area contributed by atoms with Crippen LogP contribution in [0.2, 0.25) is 5.02 Å². The summed E-state index contributed by atoms with van der Waals surface area (Å²) in [5.74, 6) is -0.222. The largest absolute Gasteiger partial charge is 0.443 e. The Labute approximate surface area is 226 Å². The predicted octanol–water partition coefficient (Wildman–Crippen LogP) is 5.81. The fourth-order valence-electron chi connectivity index (χ4n) is 4.75. The van der Waals surface area contributed by atoms with E-state index >= 15 is 0 Å². The van der Waals surface area contributed by atoms with E-state index in [1.54, 1.807) is 12.1 Å². The number of halogens is 1. The molecule has 1 atom stereocenters. The summed E-state index contributed by atoms with van der Waals surface area (Å²) in [5, 5.41) is 17.9. The average Bonchev–Trinajstić information content (AvgIpc) is 3.45. The van der Waals surface area contributed by atoms with E-state index in [0.29, 0.717) is 47.0 Å². The van der Waals surface area contributed by atoms with Gasteiger partial charge in [-0.15, -0.1) is 0 Å². The van der Waals surface area contributed by atoms with Crippen LogP contribution in [0.3, 0.4) is 0 Å². The molecule has 1 unspecified atom stereocenters. The lowest BCUT2D eigenvalue weighted by Gasteiger charge is -2.21. The van der Waals surface area contributed by atoms with Gasteiger partial charge in [0.25, 0.3) is 5.91 Å². The SMILES string of the molecule is CC(C)(C)OC(=O)n1c(-c2ccc(Cl)c3c2C(=O)NC3)cc2cc(CNCC(O)c3ccccc3)ccc21. The molecule has 3 aromatic carbocycles. The predicted molar refractivity (Wildman–Crippen MR) is 148 cm³/mol. The van der Waals surface area contributed by atoms with E-state index in [4.69, 9.17) is 16.3 Å². The molecule has 38 heavy (non-hydrogen) atoms. The van der Waals surface area contributed by atoms with Crippen LogP contribution in [0.15, 0.2) is 66.7 Å². The lowest BCUT2D eigenvalue weighted by Crippen LogP contribution is -2.27. The molecular formula is C30H30ClN3O4. The number of ether oxygens (including phenoxy) is 1. The van der Waals surface area contributed by atoms with Crippen molar-refractivity contribution in [1.29, 1.82) is 0 Å². The van der Waals surface area contributed by atoms with Gasteiger partial charge in [-0.3, -0.25) is 4.79 Å². The Morgan fingerprint density at radius 3 is 2.63 bits per heavy atom. The highest BCUT2D eigenvalue weighted by atomic mass is 35.5. The number of hydrogen-bond acceptors (Lipinski definition) is 5. The molecule has 3 N–H and O–H groups in total. The number of hydrogen-bond donors (Lipinski definition) is 3.